The Hall–Kier alpha value is -3.66. The predicted molar refractivity (Wildman–Crippen MR) is 142 cm³/mol. The van der Waals surface area contributed by atoms with Gasteiger partial charge in [0.2, 0.25) is 5.95 Å². The summed E-state index contributed by atoms with van der Waals surface area (Å²) in [6.07, 6.45) is 9.23. The van der Waals surface area contributed by atoms with Crippen LogP contribution in [0.15, 0.2) is 30.6 Å². The van der Waals surface area contributed by atoms with Gasteiger partial charge in [-0.1, -0.05) is 19.8 Å². The normalized spacial score (nSPS) is 15.8. The molecule has 0 amide bonds. The summed E-state index contributed by atoms with van der Waals surface area (Å²) in [5.74, 6) is 2.49. The van der Waals surface area contributed by atoms with Crippen LogP contribution in [0.4, 0.5) is 17.6 Å². The average Bonchev–Trinajstić information content (AvgIpc) is 3.41. The van der Waals surface area contributed by atoms with Gasteiger partial charge >= 0.3 is 0 Å². The average molecular weight is 490 g/mol. The maximum absolute atomic E-state index is 6.17. The fourth-order valence-corrected chi connectivity index (χ4v) is 4.71. The summed E-state index contributed by atoms with van der Waals surface area (Å²) in [6.45, 7) is 5.98. The molecule has 36 heavy (non-hydrogen) atoms. The van der Waals surface area contributed by atoms with Crippen molar-refractivity contribution in [2.24, 2.45) is 7.05 Å². The van der Waals surface area contributed by atoms with E-state index in [1.54, 1.807) is 6.20 Å². The van der Waals surface area contributed by atoms with Crippen molar-refractivity contribution in [1.82, 2.24) is 34.3 Å². The van der Waals surface area contributed by atoms with Crippen molar-refractivity contribution in [3.63, 3.8) is 0 Å². The molecule has 1 atom stereocenters. The molecule has 4 aromatic rings. The molecular formula is C26H35N9O. The molecule has 0 aromatic carbocycles. The maximum Gasteiger partial charge on any atom is 0.222 e. The molecule has 10 heteroatoms. The van der Waals surface area contributed by atoms with E-state index in [-0.39, 0.29) is 5.95 Å². The number of ether oxygens (including phenoxy) is 1. The molecule has 0 radical (unpaired) electrons. The van der Waals surface area contributed by atoms with Crippen LogP contribution in [0.3, 0.4) is 0 Å². The van der Waals surface area contributed by atoms with E-state index in [9.17, 15) is 0 Å². The molecule has 4 aromatic heterocycles. The Labute approximate surface area is 211 Å². The number of likely N-dealkylation sites (tertiary alicyclic amines) is 1. The molecule has 0 saturated carbocycles. The lowest BCUT2D eigenvalue weighted by Gasteiger charge is -2.37. The van der Waals surface area contributed by atoms with E-state index in [1.807, 2.05) is 41.5 Å². The Morgan fingerprint density at radius 1 is 1.19 bits per heavy atom. The number of nitrogen functional groups attached to an aromatic ring is 1. The lowest BCUT2D eigenvalue weighted by molar-refractivity contribution is 0.0771. The van der Waals surface area contributed by atoms with Crippen molar-refractivity contribution in [3.05, 3.63) is 41.9 Å². The Balaban J connectivity index is 1.39. The van der Waals surface area contributed by atoms with Crippen LogP contribution in [0.25, 0.3) is 16.8 Å². The zero-order valence-electron chi connectivity index (χ0n) is 21.5. The van der Waals surface area contributed by atoms with Gasteiger partial charge in [-0.3, -0.25) is 9.58 Å². The second-order valence-corrected chi connectivity index (χ2v) is 9.61. The lowest BCUT2D eigenvalue weighted by Crippen LogP contribution is -2.48. The molecule has 0 aliphatic carbocycles. The molecule has 1 saturated heterocycles. The van der Waals surface area contributed by atoms with E-state index >= 15 is 0 Å². The van der Waals surface area contributed by atoms with Gasteiger partial charge in [0.1, 0.15) is 18.1 Å². The van der Waals surface area contributed by atoms with Crippen LogP contribution in [0.5, 0.6) is 5.75 Å². The highest BCUT2D eigenvalue weighted by molar-refractivity contribution is 5.73. The van der Waals surface area contributed by atoms with Crippen LogP contribution in [0.1, 0.15) is 43.9 Å². The number of rotatable bonds is 10. The highest BCUT2D eigenvalue weighted by Gasteiger charge is 2.25. The number of unbranched alkanes of at least 4 members (excludes halogenated alkanes) is 2. The first-order chi connectivity index (χ1) is 17.4. The molecule has 0 bridgehead atoms. The molecule has 1 aliphatic rings. The molecule has 10 nitrogen and oxygen atoms in total. The molecule has 1 fully saturated rings. The summed E-state index contributed by atoms with van der Waals surface area (Å²) in [7, 11) is 4.07. The van der Waals surface area contributed by atoms with Gasteiger partial charge in [0, 0.05) is 42.2 Å². The largest absolute Gasteiger partial charge is 0.488 e. The highest BCUT2D eigenvalue weighted by atomic mass is 16.5. The molecule has 5 heterocycles. The number of nitrogens with two attached hydrogens (primary N) is 1. The second kappa shape index (κ2) is 10.1. The minimum Gasteiger partial charge on any atom is -0.488 e. The Bertz CT molecular complexity index is 1360. The molecule has 5 rings (SSSR count). The summed E-state index contributed by atoms with van der Waals surface area (Å²) in [4.78, 5) is 11.2. The van der Waals surface area contributed by atoms with Crippen molar-refractivity contribution in [2.45, 2.75) is 52.0 Å². The van der Waals surface area contributed by atoms with E-state index in [0.717, 1.165) is 71.8 Å². The summed E-state index contributed by atoms with van der Waals surface area (Å²) < 4.78 is 9.88. The Kier molecular flexibility index (Phi) is 6.77. The second-order valence-electron chi connectivity index (χ2n) is 9.61. The third-order valence-corrected chi connectivity index (χ3v) is 7.02. The molecular weight excluding hydrogens is 454 g/mol. The number of hydrogen-bond donors (Lipinski definition) is 2. The monoisotopic (exact) mass is 489 g/mol. The Morgan fingerprint density at radius 3 is 2.81 bits per heavy atom. The van der Waals surface area contributed by atoms with Crippen molar-refractivity contribution in [3.8, 4) is 17.0 Å². The predicted octanol–water partition coefficient (Wildman–Crippen LogP) is 3.97. The highest BCUT2D eigenvalue weighted by Crippen LogP contribution is 2.32. The van der Waals surface area contributed by atoms with E-state index in [2.05, 4.69) is 45.3 Å². The number of anilines is 3. The van der Waals surface area contributed by atoms with Crippen molar-refractivity contribution in [2.75, 3.05) is 31.2 Å². The van der Waals surface area contributed by atoms with Gasteiger partial charge in [0.25, 0.3) is 0 Å². The molecule has 3 N–H and O–H groups in total. The summed E-state index contributed by atoms with van der Waals surface area (Å²) in [5.41, 5.74) is 10.9. The van der Waals surface area contributed by atoms with Gasteiger partial charge < -0.3 is 15.8 Å². The summed E-state index contributed by atoms with van der Waals surface area (Å²) in [6, 6.07) is 6.61. The van der Waals surface area contributed by atoms with E-state index in [1.165, 1.54) is 6.42 Å². The van der Waals surface area contributed by atoms with Crippen LogP contribution in [0.2, 0.25) is 0 Å². The van der Waals surface area contributed by atoms with Gasteiger partial charge in [-0.25, -0.2) is 9.50 Å². The number of hydrogen-bond acceptors (Lipinski definition) is 8. The molecule has 0 unspecified atom stereocenters. The summed E-state index contributed by atoms with van der Waals surface area (Å²) in [5, 5.41) is 12.5. The first-order valence-corrected chi connectivity index (χ1v) is 12.7. The van der Waals surface area contributed by atoms with Gasteiger partial charge in [0.05, 0.1) is 11.7 Å². The van der Waals surface area contributed by atoms with Crippen molar-refractivity contribution in [1.29, 1.82) is 0 Å². The topological polar surface area (TPSA) is 111 Å². The molecule has 190 valence electrons. The van der Waals surface area contributed by atoms with Gasteiger partial charge in [-0.15, -0.1) is 0 Å². The maximum atomic E-state index is 6.17. The number of nitrogens with one attached hydrogen (secondary N) is 1. The smallest absolute Gasteiger partial charge is 0.222 e. The number of likely N-dealkylation sites (N-methyl/N-ethyl adjacent to an activating group) is 1. The third-order valence-electron chi connectivity index (χ3n) is 7.02. The number of pyridine rings is 1. The Morgan fingerprint density at radius 2 is 2.06 bits per heavy atom. The fraction of sp³-hybridized carbons (Fsp3) is 0.462. The lowest BCUT2D eigenvalue weighted by atomic mass is 10.1. The molecule has 0 spiro atoms. The first-order valence-electron chi connectivity index (χ1n) is 12.7. The van der Waals surface area contributed by atoms with Gasteiger partial charge in [-0.05, 0) is 51.9 Å². The number of fused-ring (bicyclic) bond motifs is 1. The van der Waals surface area contributed by atoms with Crippen LogP contribution < -0.4 is 15.8 Å². The van der Waals surface area contributed by atoms with E-state index in [4.69, 9.17) is 15.6 Å². The zero-order chi connectivity index (χ0) is 25.2. The quantitative estimate of drug-likeness (QED) is 0.322. The van der Waals surface area contributed by atoms with Crippen LogP contribution in [0, 0.1) is 6.92 Å². The van der Waals surface area contributed by atoms with Crippen LogP contribution >= 0.6 is 0 Å². The standard InChI is InChI=1S/C26H35N9O/c1-5-6-7-8-21-17(2)29-26(27)31-25(21)30-23-14-20-13-18(9-12-35(20)32-23)24-22(15-28-34(24)4)36-16-19-10-11-33(19)3/h9,12-15,19H,5-8,10-11,16H2,1-4H3,(H3,27,29,30,31,32)/t19-/m1/s1. The minimum absolute atomic E-state index is 0.261. The van der Waals surface area contributed by atoms with Crippen LogP contribution in [-0.2, 0) is 13.5 Å². The summed E-state index contributed by atoms with van der Waals surface area (Å²) >= 11 is 0. The van der Waals surface area contributed by atoms with Crippen LogP contribution in [-0.4, -0.2) is 60.5 Å². The fourth-order valence-electron chi connectivity index (χ4n) is 4.71. The van der Waals surface area contributed by atoms with Gasteiger partial charge in [0.15, 0.2) is 11.6 Å². The van der Waals surface area contributed by atoms with Gasteiger partial charge in [-0.2, -0.15) is 15.2 Å². The van der Waals surface area contributed by atoms with E-state index in [0.29, 0.717) is 18.5 Å². The zero-order valence-corrected chi connectivity index (χ0v) is 21.5. The third kappa shape index (κ3) is 4.86. The number of aryl methyl sites for hydroxylation is 2. The van der Waals surface area contributed by atoms with E-state index < -0.39 is 0 Å². The number of aromatic nitrogens is 6. The van der Waals surface area contributed by atoms with Crippen molar-refractivity contribution < 1.29 is 4.74 Å². The minimum atomic E-state index is 0.261. The number of nitrogens with zero attached hydrogens (tertiary/aromatic N) is 7. The SMILES string of the molecule is CCCCCc1c(C)nc(N)nc1Nc1cc2cc(-c3c(OC[C@H]4CCN4C)cnn3C)ccn2n1. The molecule has 1 aliphatic heterocycles. The first kappa shape index (κ1) is 24.1. The van der Waals surface area contributed by atoms with Crippen molar-refractivity contribution >= 4 is 23.1 Å².